The summed E-state index contributed by atoms with van der Waals surface area (Å²) >= 11 is 0. The quantitative estimate of drug-likeness (QED) is 0.525. The van der Waals surface area contributed by atoms with Crippen LogP contribution in [0.25, 0.3) is 10.9 Å². The molecule has 1 aromatic heterocycles. The summed E-state index contributed by atoms with van der Waals surface area (Å²) in [5, 5.41) is 4.05. The molecule has 0 spiro atoms. The maximum absolute atomic E-state index is 14.7. The molecule has 1 aliphatic heterocycles. The molecule has 1 fully saturated rings. The van der Waals surface area contributed by atoms with Crippen LogP contribution >= 0.6 is 0 Å². The van der Waals surface area contributed by atoms with Gasteiger partial charge in [-0.15, -0.1) is 0 Å². The van der Waals surface area contributed by atoms with E-state index in [0.717, 1.165) is 22.5 Å². The molecule has 1 amide bonds. The number of anilines is 1. The Labute approximate surface area is 190 Å². The Kier molecular flexibility index (Phi) is 6.30. The summed E-state index contributed by atoms with van der Waals surface area (Å²) in [6.07, 6.45) is -0.574. The Bertz CT molecular complexity index is 1190. The number of nitrogens with zero attached hydrogens (tertiary/aromatic N) is 2. The molecule has 0 unspecified atom stereocenters. The van der Waals surface area contributed by atoms with Gasteiger partial charge in [-0.2, -0.15) is 0 Å². The van der Waals surface area contributed by atoms with Crippen molar-refractivity contribution in [2.75, 3.05) is 25.5 Å². The van der Waals surface area contributed by atoms with Crippen LogP contribution in [0.5, 0.6) is 0 Å². The molecule has 0 aliphatic carbocycles. The van der Waals surface area contributed by atoms with Crippen molar-refractivity contribution < 1.29 is 22.7 Å². The summed E-state index contributed by atoms with van der Waals surface area (Å²) in [5.74, 6) is -0.902. The maximum Gasteiger partial charge on any atom is 0.266 e. The van der Waals surface area contributed by atoms with Gasteiger partial charge >= 0.3 is 0 Å². The third kappa shape index (κ3) is 4.27. The number of benzene rings is 2. The number of methoxy groups -OCH3 is 1. The van der Waals surface area contributed by atoms with Crippen LogP contribution < -0.4 is 5.32 Å². The van der Waals surface area contributed by atoms with E-state index in [2.05, 4.69) is 10.3 Å². The van der Waals surface area contributed by atoms with Gasteiger partial charge in [0.15, 0.2) is 0 Å². The number of hydrogen-bond donors (Lipinski definition) is 1. The fourth-order valence-corrected chi connectivity index (χ4v) is 4.51. The summed E-state index contributed by atoms with van der Waals surface area (Å²) in [4.78, 5) is 18.0. The Hall–Kier alpha value is -3.13. The molecule has 2 heterocycles. The zero-order valence-electron chi connectivity index (χ0n) is 18.7. The SMILES string of the molecule is CO[C@@]1(c2ccc3nccc(N[C@H](C)c4cccc(C(F)F)c4F)c3c2)CCN(C(C)=O)C1. The van der Waals surface area contributed by atoms with E-state index in [1.54, 1.807) is 38.1 Å². The van der Waals surface area contributed by atoms with Crippen LogP contribution in [-0.4, -0.2) is 36.0 Å². The van der Waals surface area contributed by atoms with Gasteiger partial charge in [-0.25, -0.2) is 13.2 Å². The van der Waals surface area contributed by atoms with E-state index in [-0.39, 0.29) is 11.5 Å². The van der Waals surface area contributed by atoms with E-state index in [4.69, 9.17) is 4.74 Å². The Morgan fingerprint density at radius 1 is 1.21 bits per heavy atom. The lowest BCUT2D eigenvalue weighted by molar-refractivity contribution is -0.129. The normalized spacial score (nSPS) is 19.3. The molecule has 1 saturated heterocycles. The number of halogens is 3. The molecule has 5 nitrogen and oxygen atoms in total. The van der Waals surface area contributed by atoms with E-state index >= 15 is 0 Å². The number of rotatable bonds is 6. The van der Waals surface area contributed by atoms with E-state index in [9.17, 15) is 18.0 Å². The number of hydrogen-bond acceptors (Lipinski definition) is 4. The molecule has 2 atom stereocenters. The highest BCUT2D eigenvalue weighted by Crippen LogP contribution is 2.38. The third-order valence-electron chi connectivity index (χ3n) is 6.47. The van der Waals surface area contributed by atoms with Gasteiger partial charge in [-0.3, -0.25) is 9.78 Å². The minimum Gasteiger partial charge on any atom is -0.378 e. The second-order valence-corrected chi connectivity index (χ2v) is 8.40. The molecular formula is C25H26F3N3O2. The smallest absolute Gasteiger partial charge is 0.266 e. The van der Waals surface area contributed by atoms with E-state index in [1.165, 1.54) is 12.1 Å². The molecule has 3 aromatic rings. The van der Waals surface area contributed by atoms with Crippen molar-refractivity contribution in [1.29, 1.82) is 0 Å². The molecule has 0 bridgehead atoms. The van der Waals surface area contributed by atoms with Gasteiger partial charge in [-0.1, -0.05) is 24.3 Å². The van der Waals surface area contributed by atoms with Crippen molar-refractivity contribution in [3.63, 3.8) is 0 Å². The highest BCUT2D eigenvalue weighted by Gasteiger charge is 2.41. The molecule has 0 radical (unpaired) electrons. The first-order valence-electron chi connectivity index (χ1n) is 10.8. The predicted octanol–water partition coefficient (Wildman–Crippen LogP) is 5.58. The average Bonchev–Trinajstić information content (AvgIpc) is 3.25. The predicted molar refractivity (Wildman–Crippen MR) is 121 cm³/mol. The Morgan fingerprint density at radius 3 is 2.64 bits per heavy atom. The first-order chi connectivity index (χ1) is 15.8. The average molecular weight is 457 g/mol. The zero-order valence-corrected chi connectivity index (χ0v) is 18.7. The Balaban J connectivity index is 1.70. The minimum absolute atomic E-state index is 0.000570. The van der Waals surface area contributed by atoms with Crippen molar-refractivity contribution in [1.82, 2.24) is 9.88 Å². The van der Waals surface area contributed by atoms with Crippen molar-refractivity contribution in [3.8, 4) is 0 Å². The summed E-state index contributed by atoms with van der Waals surface area (Å²) in [7, 11) is 1.64. The number of carbonyl (C=O) groups excluding carboxylic acids is 1. The van der Waals surface area contributed by atoms with Gasteiger partial charge in [0, 0.05) is 43.4 Å². The molecule has 1 aliphatic rings. The van der Waals surface area contributed by atoms with Gasteiger partial charge in [0.1, 0.15) is 11.4 Å². The Morgan fingerprint density at radius 2 is 1.97 bits per heavy atom. The molecule has 0 saturated carbocycles. The minimum atomic E-state index is -2.88. The number of pyridine rings is 1. The zero-order chi connectivity index (χ0) is 23.8. The van der Waals surface area contributed by atoms with E-state index in [1.807, 2.05) is 18.2 Å². The number of carbonyl (C=O) groups is 1. The van der Waals surface area contributed by atoms with Crippen LogP contribution in [-0.2, 0) is 15.1 Å². The standard InChI is InChI=1S/C25H26F3N3O2/c1-15(18-5-4-6-19(23(18)26)24(27)28)30-22-9-11-29-21-8-7-17(13-20(21)22)25(33-3)10-12-31(14-25)16(2)32/h4-9,11,13,15,24H,10,12,14H2,1-3H3,(H,29,30)/t15-,25+/m1/s1. The van der Waals surface area contributed by atoms with Crippen LogP contribution in [0.4, 0.5) is 18.9 Å². The lowest BCUT2D eigenvalue weighted by atomic mass is 9.91. The van der Waals surface area contributed by atoms with Crippen molar-refractivity contribution in [3.05, 3.63) is 71.2 Å². The van der Waals surface area contributed by atoms with E-state index < -0.39 is 29.4 Å². The summed E-state index contributed by atoms with van der Waals surface area (Å²) in [6, 6.07) is 11.0. The molecule has 4 rings (SSSR count). The number of ether oxygens (including phenoxy) is 1. The molecule has 33 heavy (non-hydrogen) atoms. The largest absolute Gasteiger partial charge is 0.378 e. The molecule has 2 aromatic carbocycles. The van der Waals surface area contributed by atoms with Crippen LogP contribution in [0, 0.1) is 5.82 Å². The molecule has 174 valence electrons. The van der Waals surface area contributed by atoms with Gasteiger partial charge in [0.25, 0.3) is 6.43 Å². The number of likely N-dealkylation sites (tertiary alicyclic amines) is 1. The highest BCUT2D eigenvalue weighted by atomic mass is 19.3. The first kappa shape index (κ1) is 23.0. The van der Waals surface area contributed by atoms with Crippen LogP contribution in [0.1, 0.15) is 49.4 Å². The van der Waals surface area contributed by atoms with Crippen LogP contribution in [0.3, 0.4) is 0 Å². The van der Waals surface area contributed by atoms with Gasteiger partial charge in [0.2, 0.25) is 5.91 Å². The number of amides is 1. The number of alkyl halides is 2. The molecule has 1 N–H and O–H groups in total. The van der Waals surface area contributed by atoms with Crippen LogP contribution in [0.2, 0.25) is 0 Å². The van der Waals surface area contributed by atoms with Gasteiger partial charge < -0.3 is 15.0 Å². The molecule has 8 heteroatoms. The van der Waals surface area contributed by atoms with Gasteiger partial charge in [0.05, 0.1) is 23.7 Å². The fraction of sp³-hybridized carbons (Fsp3) is 0.360. The lowest BCUT2D eigenvalue weighted by Crippen LogP contribution is -2.34. The first-order valence-corrected chi connectivity index (χ1v) is 10.8. The summed E-state index contributed by atoms with van der Waals surface area (Å²) < 4.78 is 46.9. The number of nitrogens with one attached hydrogen (secondary N) is 1. The van der Waals surface area contributed by atoms with Crippen molar-refractivity contribution in [2.45, 2.75) is 38.3 Å². The maximum atomic E-state index is 14.7. The van der Waals surface area contributed by atoms with Gasteiger partial charge in [-0.05, 0) is 37.1 Å². The van der Waals surface area contributed by atoms with Crippen molar-refractivity contribution >= 4 is 22.5 Å². The fourth-order valence-electron chi connectivity index (χ4n) is 4.51. The number of fused-ring (bicyclic) bond motifs is 1. The summed E-state index contributed by atoms with van der Waals surface area (Å²) in [6.45, 7) is 4.33. The lowest BCUT2D eigenvalue weighted by Gasteiger charge is -2.29. The topological polar surface area (TPSA) is 54.5 Å². The molecular weight excluding hydrogens is 431 g/mol. The second kappa shape index (κ2) is 9.02. The van der Waals surface area contributed by atoms with Crippen LogP contribution in [0.15, 0.2) is 48.7 Å². The highest BCUT2D eigenvalue weighted by molar-refractivity contribution is 5.92. The second-order valence-electron chi connectivity index (χ2n) is 8.40. The summed E-state index contributed by atoms with van der Waals surface area (Å²) in [5.41, 5.74) is 1.26. The monoisotopic (exact) mass is 457 g/mol. The number of aromatic nitrogens is 1. The third-order valence-corrected chi connectivity index (χ3v) is 6.47. The van der Waals surface area contributed by atoms with Crippen molar-refractivity contribution in [2.24, 2.45) is 0 Å². The van der Waals surface area contributed by atoms with E-state index in [0.29, 0.717) is 25.2 Å².